The lowest BCUT2D eigenvalue weighted by Crippen LogP contribution is -2.31. The Morgan fingerprint density at radius 1 is 0.795 bits per heavy atom. The Balaban J connectivity index is 1.49. The normalized spacial score (nSPS) is 11.4. The summed E-state index contributed by atoms with van der Waals surface area (Å²) in [6.07, 6.45) is -0.125. The minimum Gasteiger partial charge on any atom is -0.497 e. The van der Waals surface area contributed by atoms with Gasteiger partial charge in [0.15, 0.2) is 0 Å². The summed E-state index contributed by atoms with van der Waals surface area (Å²) in [6, 6.07) is 29.9. The number of rotatable bonds is 8. The highest BCUT2D eigenvalue weighted by atomic mass is 32.2. The van der Waals surface area contributed by atoms with E-state index in [-0.39, 0.29) is 11.3 Å². The monoisotopic (exact) mass is 540 g/mol. The van der Waals surface area contributed by atoms with E-state index in [0.29, 0.717) is 11.5 Å². The van der Waals surface area contributed by atoms with Crippen LogP contribution in [-0.4, -0.2) is 33.1 Å². The van der Waals surface area contributed by atoms with Crippen molar-refractivity contribution in [3.63, 3.8) is 0 Å². The van der Waals surface area contributed by atoms with Gasteiger partial charge in [0, 0.05) is 16.8 Å². The number of ether oxygens (including phenoxy) is 2. The van der Waals surface area contributed by atoms with Gasteiger partial charge in [-0.2, -0.15) is 0 Å². The Hall–Kier alpha value is -4.56. The van der Waals surface area contributed by atoms with Gasteiger partial charge >= 0.3 is 0 Å². The zero-order chi connectivity index (χ0) is 27.6. The maximum Gasteiger partial charge on any atom is 0.264 e. The molecule has 1 amide bonds. The van der Waals surface area contributed by atoms with E-state index in [1.165, 1.54) is 31.4 Å². The van der Waals surface area contributed by atoms with Crippen molar-refractivity contribution < 1.29 is 22.7 Å². The summed E-state index contributed by atoms with van der Waals surface area (Å²) in [6.45, 7) is 1.93. The van der Waals surface area contributed by atoms with E-state index in [9.17, 15) is 13.2 Å². The molecule has 0 aliphatic carbocycles. The SMILES string of the molecule is COc1ccc(S(=O)(=O)NC(=O)Cc2c(C)n(-c3ccc(-c4ccccc4)cc3)c3ccc(OC)cc23)cc1. The molecule has 4 aromatic carbocycles. The van der Waals surface area contributed by atoms with Gasteiger partial charge in [0.05, 0.1) is 31.1 Å². The Kier molecular flexibility index (Phi) is 7.13. The molecule has 5 rings (SSSR count). The number of aromatic nitrogens is 1. The molecule has 5 aromatic rings. The molecule has 8 heteroatoms. The number of benzene rings is 4. The molecule has 0 atom stereocenters. The van der Waals surface area contributed by atoms with Gasteiger partial charge < -0.3 is 14.0 Å². The second-order valence-electron chi connectivity index (χ2n) is 9.08. The topological polar surface area (TPSA) is 86.6 Å². The fourth-order valence-corrected chi connectivity index (χ4v) is 5.72. The molecule has 0 fully saturated rings. The van der Waals surface area contributed by atoms with Gasteiger partial charge in [0.2, 0.25) is 5.91 Å². The standard InChI is InChI=1S/C31H28N2O5S/c1-21-28(20-31(34)32-39(35,36)27-16-13-25(37-2)14-17-27)29-19-26(38-3)15-18-30(29)33(21)24-11-9-23(10-12-24)22-7-5-4-6-8-22/h4-19H,20H2,1-3H3,(H,32,34). The molecule has 1 aromatic heterocycles. The summed E-state index contributed by atoms with van der Waals surface area (Å²) in [5, 5.41) is 0.816. The number of amides is 1. The predicted molar refractivity (Wildman–Crippen MR) is 152 cm³/mol. The van der Waals surface area contributed by atoms with E-state index < -0.39 is 15.9 Å². The summed E-state index contributed by atoms with van der Waals surface area (Å²) in [4.78, 5) is 13.0. The van der Waals surface area contributed by atoms with Crippen LogP contribution in [0.1, 0.15) is 11.3 Å². The summed E-state index contributed by atoms with van der Waals surface area (Å²) >= 11 is 0. The van der Waals surface area contributed by atoms with Crippen LogP contribution in [0.3, 0.4) is 0 Å². The fourth-order valence-electron chi connectivity index (χ4n) is 4.74. The lowest BCUT2D eigenvalue weighted by Gasteiger charge is -2.11. The predicted octanol–water partition coefficient (Wildman–Crippen LogP) is 5.67. The van der Waals surface area contributed by atoms with Gasteiger partial charge in [-0.3, -0.25) is 4.79 Å². The fraction of sp³-hybridized carbons (Fsp3) is 0.129. The third kappa shape index (κ3) is 5.24. The maximum atomic E-state index is 13.1. The highest BCUT2D eigenvalue weighted by Crippen LogP contribution is 2.33. The van der Waals surface area contributed by atoms with Crippen molar-refractivity contribution >= 4 is 26.8 Å². The Labute approximate surface area is 227 Å². The number of methoxy groups -OCH3 is 2. The number of nitrogens with zero attached hydrogens (tertiary/aromatic N) is 1. The molecule has 198 valence electrons. The van der Waals surface area contributed by atoms with E-state index in [2.05, 4.69) is 33.6 Å². The molecule has 1 heterocycles. The molecular weight excluding hydrogens is 512 g/mol. The second-order valence-corrected chi connectivity index (χ2v) is 10.8. The first-order chi connectivity index (χ1) is 18.8. The van der Waals surface area contributed by atoms with Crippen LogP contribution in [0.25, 0.3) is 27.7 Å². The molecule has 0 unspecified atom stereocenters. The first-order valence-electron chi connectivity index (χ1n) is 12.3. The molecule has 0 saturated carbocycles. The molecule has 0 radical (unpaired) electrons. The molecule has 0 aliphatic rings. The number of hydrogen-bond donors (Lipinski definition) is 1. The van der Waals surface area contributed by atoms with Crippen molar-refractivity contribution in [3.05, 3.63) is 108 Å². The number of sulfonamides is 1. The molecule has 1 N–H and O–H groups in total. The van der Waals surface area contributed by atoms with Crippen molar-refractivity contribution in [2.75, 3.05) is 14.2 Å². The number of hydrogen-bond acceptors (Lipinski definition) is 5. The van der Waals surface area contributed by atoms with E-state index in [1.807, 2.05) is 55.5 Å². The summed E-state index contributed by atoms with van der Waals surface area (Å²) in [5.41, 5.74) is 5.60. The van der Waals surface area contributed by atoms with Gasteiger partial charge in [0.1, 0.15) is 11.5 Å². The smallest absolute Gasteiger partial charge is 0.264 e. The summed E-state index contributed by atoms with van der Waals surface area (Å²) in [5.74, 6) is 0.538. The molecule has 7 nitrogen and oxygen atoms in total. The van der Waals surface area contributed by atoms with Crippen molar-refractivity contribution in [2.24, 2.45) is 0 Å². The number of fused-ring (bicyclic) bond motifs is 1. The maximum absolute atomic E-state index is 13.1. The van der Waals surface area contributed by atoms with Crippen molar-refractivity contribution in [3.8, 4) is 28.3 Å². The van der Waals surface area contributed by atoms with Crippen molar-refractivity contribution in [2.45, 2.75) is 18.2 Å². The first kappa shape index (κ1) is 26.1. The van der Waals surface area contributed by atoms with Crippen molar-refractivity contribution in [1.29, 1.82) is 0 Å². The first-order valence-corrected chi connectivity index (χ1v) is 13.8. The Morgan fingerprint density at radius 2 is 1.41 bits per heavy atom. The van der Waals surface area contributed by atoms with Gasteiger partial charge in [0.25, 0.3) is 10.0 Å². The van der Waals surface area contributed by atoms with Crippen LogP contribution in [-0.2, 0) is 21.2 Å². The van der Waals surface area contributed by atoms with Crippen LogP contribution in [0.4, 0.5) is 0 Å². The average molecular weight is 541 g/mol. The van der Waals surface area contributed by atoms with E-state index >= 15 is 0 Å². The Morgan fingerprint density at radius 3 is 2.05 bits per heavy atom. The van der Waals surface area contributed by atoms with E-state index in [4.69, 9.17) is 9.47 Å². The van der Waals surface area contributed by atoms with Gasteiger partial charge in [-0.1, -0.05) is 42.5 Å². The van der Waals surface area contributed by atoms with Crippen LogP contribution in [0, 0.1) is 6.92 Å². The quantitative estimate of drug-likeness (QED) is 0.274. The van der Waals surface area contributed by atoms with Crippen LogP contribution >= 0.6 is 0 Å². The zero-order valence-electron chi connectivity index (χ0n) is 21.8. The van der Waals surface area contributed by atoms with Crippen LogP contribution < -0.4 is 14.2 Å². The Bertz CT molecular complexity index is 1740. The van der Waals surface area contributed by atoms with E-state index in [0.717, 1.165) is 39.0 Å². The minimum absolute atomic E-state index is 0.0176. The lowest BCUT2D eigenvalue weighted by molar-refractivity contribution is -0.118. The van der Waals surface area contributed by atoms with E-state index in [1.54, 1.807) is 7.11 Å². The molecular formula is C31H28N2O5S. The van der Waals surface area contributed by atoms with Gasteiger partial charge in [-0.15, -0.1) is 0 Å². The molecule has 0 bridgehead atoms. The summed E-state index contributed by atoms with van der Waals surface area (Å²) in [7, 11) is -0.965. The van der Waals surface area contributed by atoms with Gasteiger partial charge in [-0.25, -0.2) is 13.1 Å². The highest BCUT2D eigenvalue weighted by Gasteiger charge is 2.22. The third-order valence-corrected chi connectivity index (χ3v) is 8.12. The molecule has 39 heavy (non-hydrogen) atoms. The van der Waals surface area contributed by atoms with Gasteiger partial charge in [-0.05, 0) is 78.2 Å². The lowest BCUT2D eigenvalue weighted by atomic mass is 10.1. The molecule has 0 spiro atoms. The second kappa shape index (κ2) is 10.7. The number of nitrogens with one attached hydrogen (secondary N) is 1. The average Bonchev–Trinajstić information content (AvgIpc) is 3.23. The molecule has 0 saturated heterocycles. The van der Waals surface area contributed by atoms with Crippen molar-refractivity contribution in [1.82, 2.24) is 9.29 Å². The highest BCUT2D eigenvalue weighted by molar-refractivity contribution is 7.90. The zero-order valence-corrected chi connectivity index (χ0v) is 22.7. The largest absolute Gasteiger partial charge is 0.497 e. The number of carbonyl (C=O) groups is 1. The minimum atomic E-state index is -4.05. The molecule has 0 aliphatic heterocycles. The third-order valence-electron chi connectivity index (χ3n) is 6.73. The number of carbonyl (C=O) groups excluding carboxylic acids is 1. The summed E-state index contributed by atoms with van der Waals surface area (Å²) < 4.78 is 40.5. The van der Waals surface area contributed by atoms with Crippen LogP contribution in [0.15, 0.2) is 102 Å². The van der Waals surface area contributed by atoms with Crippen LogP contribution in [0.5, 0.6) is 11.5 Å². The van der Waals surface area contributed by atoms with Crippen LogP contribution in [0.2, 0.25) is 0 Å².